The zero-order valence-electron chi connectivity index (χ0n) is 12.4. The van der Waals surface area contributed by atoms with Crippen molar-refractivity contribution in [2.45, 2.75) is 51.0 Å². The lowest BCUT2D eigenvalue weighted by molar-refractivity contribution is 0.369. The van der Waals surface area contributed by atoms with Crippen molar-refractivity contribution >= 4 is 21.4 Å². The molecule has 0 spiro atoms. The van der Waals surface area contributed by atoms with Crippen LogP contribution in [0.1, 0.15) is 56.6 Å². The highest BCUT2D eigenvalue weighted by molar-refractivity contribution is 7.17. The highest BCUT2D eigenvalue weighted by atomic mass is 32.1. The Hall–Kier alpha value is -0.860. The Kier molecular flexibility index (Phi) is 4.74. The normalized spacial score (nSPS) is 19.1. The van der Waals surface area contributed by atoms with Gasteiger partial charge < -0.3 is 5.32 Å². The average Bonchev–Trinajstić information content (AvgIpc) is 2.74. The molecule has 1 aromatic heterocycles. The van der Waals surface area contributed by atoms with Gasteiger partial charge in [-0.25, -0.2) is 0 Å². The van der Waals surface area contributed by atoms with E-state index in [0.717, 1.165) is 5.92 Å². The molecule has 1 aliphatic rings. The van der Waals surface area contributed by atoms with Crippen molar-refractivity contribution in [1.82, 2.24) is 5.32 Å². The van der Waals surface area contributed by atoms with Gasteiger partial charge in [-0.15, -0.1) is 11.3 Å². The van der Waals surface area contributed by atoms with E-state index < -0.39 is 0 Å². The first kappa shape index (κ1) is 14.1. The Morgan fingerprint density at radius 2 is 1.90 bits per heavy atom. The summed E-state index contributed by atoms with van der Waals surface area (Å²) in [5.74, 6) is 0.911. The largest absolute Gasteiger partial charge is 0.313 e. The van der Waals surface area contributed by atoms with Gasteiger partial charge in [0.1, 0.15) is 0 Å². The molecular formula is C18H25NS. The Morgan fingerprint density at radius 1 is 1.15 bits per heavy atom. The Morgan fingerprint density at radius 3 is 2.65 bits per heavy atom. The van der Waals surface area contributed by atoms with Crippen molar-refractivity contribution in [3.05, 3.63) is 35.2 Å². The third-order valence-electron chi connectivity index (χ3n) is 4.78. The molecule has 1 saturated carbocycles. The molecule has 0 radical (unpaired) electrons. The molecule has 0 amide bonds. The zero-order chi connectivity index (χ0) is 13.8. The van der Waals surface area contributed by atoms with Crippen LogP contribution in [0.2, 0.25) is 0 Å². The lowest BCUT2D eigenvalue weighted by Crippen LogP contribution is -2.19. The quantitative estimate of drug-likeness (QED) is 0.730. The topological polar surface area (TPSA) is 12.0 Å². The molecule has 1 heterocycles. The standard InChI is InChI=1S/C18H25NS/c1-19-17(12-14-8-4-2-3-5-9-14)16-13-20-18-11-7-6-10-15(16)18/h6-7,10-11,13-14,17,19H,2-5,8-9,12H2,1H3. The van der Waals surface area contributed by atoms with Gasteiger partial charge in [0.2, 0.25) is 0 Å². The van der Waals surface area contributed by atoms with Gasteiger partial charge >= 0.3 is 0 Å². The zero-order valence-corrected chi connectivity index (χ0v) is 13.2. The maximum atomic E-state index is 3.57. The Labute approximate surface area is 126 Å². The van der Waals surface area contributed by atoms with Crippen molar-refractivity contribution in [2.75, 3.05) is 7.05 Å². The maximum absolute atomic E-state index is 3.57. The predicted molar refractivity (Wildman–Crippen MR) is 89.4 cm³/mol. The lowest BCUT2D eigenvalue weighted by Gasteiger charge is -2.22. The first-order valence-electron chi connectivity index (χ1n) is 8.02. The summed E-state index contributed by atoms with van der Waals surface area (Å²) < 4.78 is 1.42. The van der Waals surface area contributed by atoms with Gasteiger partial charge in [-0.1, -0.05) is 56.7 Å². The highest BCUT2D eigenvalue weighted by Gasteiger charge is 2.20. The van der Waals surface area contributed by atoms with E-state index >= 15 is 0 Å². The number of rotatable bonds is 4. The summed E-state index contributed by atoms with van der Waals surface area (Å²) in [6.07, 6.45) is 9.93. The fourth-order valence-electron chi connectivity index (χ4n) is 3.60. The molecule has 2 aromatic rings. The molecule has 3 rings (SSSR count). The molecule has 1 nitrogen and oxygen atoms in total. The number of benzene rings is 1. The van der Waals surface area contributed by atoms with Crippen LogP contribution in [0.15, 0.2) is 29.6 Å². The van der Waals surface area contributed by atoms with E-state index in [9.17, 15) is 0 Å². The van der Waals surface area contributed by atoms with Crippen LogP contribution >= 0.6 is 11.3 Å². The van der Waals surface area contributed by atoms with Crippen LogP contribution in [0.25, 0.3) is 10.1 Å². The summed E-state index contributed by atoms with van der Waals surface area (Å²) in [4.78, 5) is 0. The fraction of sp³-hybridized carbons (Fsp3) is 0.556. The number of fused-ring (bicyclic) bond motifs is 1. The van der Waals surface area contributed by atoms with Crippen molar-refractivity contribution < 1.29 is 0 Å². The highest BCUT2D eigenvalue weighted by Crippen LogP contribution is 2.36. The predicted octanol–water partition coefficient (Wildman–Crippen LogP) is 5.52. The Bertz CT molecular complexity index is 537. The van der Waals surface area contributed by atoms with E-state index in [2.05, 4.69) is 42.0 Å². The smallest absolute Gasteiger partial charge is 0.0346 e. The van der Waals surface area contributed by atoms with Crippen LogP contribution in [0.5, 0.6) is 0 Å². The summed E-state index contributed by atoms with van der Waals surface area (Å²) >= 11 is 1.88. The molecule has 1 N–H and O–H groups in total. The minimum absolute atomic E-state index is 0.522. The molecule has 1 unspecified atom stereocenters. The first-order chi connectivity index (χ1) is 9.88. The van der Waals surface area contributed by atoms with E-state index in [1.807, 2.05) is 11.3 Å². The third-order valence-corrected chi connectivity index (χ3v) is 5.76. The van der Waals surface area contributed by atoms with Crippen LogP contribution in [0, 0.1) is 5.92 Å². The van der Waals surface area contributed by atoms with Crippen molar-refractivity contribution in [1.29, 1.82) is 0 Å². The lowest BCUT2D eigenvalue weighted by atomic mass is 9.89. The SMILES string of the molecule is CNC(CC1CCCCCC1)c1csc2ccccc12. The minimum Gasteiger partial charge on any atom is -0.313 e. The summed E-state index contributed by atoms with van der Waals surface area (Å²) in [5.41, 5.74) is 1.51. The molecular weight excluding hydrogens is 262 g/mol. The van der Waals surface area contributed by atoms with Crippen molar-refractivity contribution in [2.24, 2.45) is 5.92 Å². The second kappa shape index (κ2) is 6.73. The molecule has 20 heavy (non-hydrogen) atoms. The molecule has 0 bridgehead atoms. The monoisotopic (exact) mass is 287 g/mol. The number of hydrogen-bond donors (Lipinski definition) is 1. The Balaban J connectivity index is 1.78. The van der Waals surface area contributed by atoms with Gasteiger partial charge in [0.25, 0.3) is 0 Å². The second-order valence-electron chi connectivity index (χ2n) is 6.12. The van der Waals surface area contributed by atoms with Crippen LogP contribution in [0.4, 0.5) is 0 Å². The number of hydrogen-bond acceptors (Lipinski definition) is 2. The van der Waals surface area contributed by atoms with Crippen molar-refractivity contribution in [3.8, 4) is 0 Å². The second-order valence-corrected chi connectivity index (χ2v) is 7.03. The van der Waals surface area contributed by atoms with E-state index in [-0.39, 0.29) is 0 Å². The van der Waals surface area contributed by atoms with E-state index in [1.54, 1.807) is 0 Å². The third kappa shape index (κ3) is 3.07. The van der Waals surface area contributed by atoms with E-state index in [0.29, 0.717) is 6.04 Å². The molecule has 1 aliphatic carbocycles. The van der Waals surface area contributed by atoms with Gasteiger partial charge in [0.05, 0.1) is 0 Å². The summed E-state index contributed by atoms with van der Waals surface area (Å²) in [5, 5.41) is 7.38. The first-order valence-corrected chi connectivity index (χ1v) is 8.90. The van der Waals surface area contributed by atoms with Crippen LogP contribution in [0.3, 0.4) is 0 Å². The van der Waals surface area contributed by atoms with Gasteiger partial charge in [0.15, 0.2) is 0 Å². The van der Waals surface area contributed by atoms with Gasteiger partial charge in [0, 0.05) is 10.7 Å². The van der Waals surface area contributed by atoms with Crippen LogP contribution in [-0.4, -0.2) is 7.05 Å². The molecule has 1 aromatic carbocycles. The molecule has 0 aliphatic heterocycles. The van der Waals surface area contributed by atoms with Gasteiger partial charge in [-0.05, 0) is 41.8 Å². The maximum Gasteiger partial charge on any atom is 0.0346 e. The summed E-state index contributed by atoms with van der Waals surface area (Å²) in [6.45, 7) is 0. The fourth-order valence-corrected chi connectivity index (χ4v) is 4.62. The number of nitrogens with one attached hydrogen (secondary N) is 1. The summed E-state index contributed by atoms with van der Waals surface area (Å²) in [6, 6.07) is 9.34. The van der Waals surface area contributed by atoms with Crippen molar-refractivity contribution in [3.63, 3.8) is 0 Å². The molecule has 2 heteroatoms. The van der Waals surface area contributed by atoms with E-state index in [4.69, 9.17) is 0 Å². The van der Waals surface area contributed by atoms with Crippen LogP contribution in [-0.2, 0) is 0 Å². The summed E-state index contributed by atoms with van der Waals surface area (Å²) in [7, 11) is 2.12. The number of thiophene rings is 1. The molecule has 108 valence electrons. The van der Waals surface area contributed by atoms with Crippen LogP contribution < -0.4 is 5.32 Å². The average molecular weight is 287 g/mol. The molecule has 0 saturated heterocycles. The molecule has 1 fully saturated rings. The van der Waals surface area contributed by atoms with Gasteiger partial charge in [-0.2, -0.15) is 0 Å². The van der Waals surface area contributed by atoms with E-state index in [1.165, 1.54) is 60.6 Å². The van der Waals surface area contributed by atoms with Gasteiger partial charge in [-0.3, -0.25) is 0 Å². The minimum atomic E-state index is 0.522. The molecule has 1 atom stereocenters.